The molecule has 2 N–H and O–H groups in total. The first-order valence-corrected chi connectivity index (χ1v) is 5.99. The third-order valence-corrected chi connectivity index (χ3v) is 2.80. The largest absolute Gasteiger partial charge is 0.461 e. The minimum absolute atomic E-state index is 0.0939. The number of cyclic esters (lactones) is 1. The Bertz CT molecular complexity index is 464. The Morgan fingerprint density at radius 3 is 2.67 bits per heavy atom. The summed E-state index contributed by atoms with van der Waals surface area (Å²) >= 11 is 5.07. The number of hydrogen-bond donors (Lipinski definition) is 2. The van der Waals surface area contributed by atoms with Crippen LogP contribution in [0.5, 0.6) is 0 Å². The number of esters is 1. The average molecular weight is 268 g/mol. The predicted octanol–water partition coefficient (Wildman–Crippen LogP) is 1.82. The normalized spacial score (nSPS) is 22.4. The van der Waals surface area contributed by atoms with Crippen LogP contribution >= 0.6 is 12.2 Å². The molecule has 96 valence electrons. The molecule has 18 heavy (non-hydrogen) atoms. The van der Waals surface area contributed by atoms with Gasteiger partial charge in [0.15, 0.2) is 5.11 Å². The van der Waals surface area contributed by atoms with Crippen molar-refractivity contribution in [2.45, 2.75) is 25.5 Å². The second-order valence-electron chi connectivity index (χ2n) is 4.14. The molecule has 1 aromatic rings. The monoisotopic (exact) mass is 268 g/mol. The number of anilines is 1. The van der Waals surface area contributed by atoms with E-state index in [2.05, 4.69) is 10.6 Å². The van der Waals surface area contributed by atoms with E-state index in [0.717, 1.165) is 0 Å². The van der Waals surface area contributed by atoms with Crippen molar-refractivity contribution in [2.75, 3.05) is 5.32 Å². The molecule has 0 saturated carbocycles. The first-order valence-electron chi connectivity index (χ1n) is 5.58. The molecular formula is C12H13FN2O2S. The highest BCUT2D eigenvalue weighted by Gasteiger charge is 2.32. The number of thiocarbonyl (C=S) groups is 1. The summed E-state index contributed by atoms with van der Waals surface area (Å²) in [5, 5.41) is 6.07. The van der Waals surface area contributed by atoms with Gasteiger partial charge in [-0.15, -0.1) is 0 Å². The molecule has 1 fully saturated rings. The number of hydrogen-bond acceptors (Lipinski definition) is 3. The molecule has 0 amide bonds. The fraction of sp³-hybridized carbons (Fsp3) is 0.333. The molecule has 4 nitrogen and oxygen atoms in total. The van der Waals surface area contributed by atoms with E-state index >= 15 is 0 Å². The van der Waals surface area contributed by atoms with Crippen LogP contribution in [-0.4, -0.2) is 23.2 Å². The SMILES string of the molecule is C[C@@H]1C[C@H](NC(=S)Nc2ccc(F)cc2)C(=O)O1. The van der Waals surface area contributed by atoms with Crippen LogP contribution in [0.25, 0.3) is 0 Å². The summed E-state index contributed by atoms with van der Waals surface area (Å²) in [6, 6.07) is 5.38. The highest BCUT2D eigenvalue weighted by atomic mass is 32.1. The molecule has 0 spiro atoms. The van der Waals surface area contributed by atoms with Crippen LogP contribution in [0.3, 0.4) is 0 Å². The number of ether oxygens (including phenoxy) is 1. The van der Waals surface area contributed by atoms with Gasteiger partial charge in [0.25, 0.3) is 0 Å². The minimum Gasteiger partial charge on any atom is -0.461 e. The van der Waals surface area contributed by atoms with Crippen molar-refractivity contribution >= 4 is 29.0 Å². The molecule has 2 rings (SSSR count). The zero-order chi connectivity index (χ0) is 13.1. The van der Waals surface area contributed by atoms with Gasteiger partial charge in [0, 0.05) is 12.1 Å². The van der Waals surface area contributed by atoms with E-state index in [1.165, 1.54) is 12.1 Å². The highest BCUT2D eigenvalue weighted by molar-refractivity contribution is 7.80. The van der Waals surface area contributed by atoms with Crippen LogP contribution in [0.1, 0.15) is 13.3 Å². The van der Waals surface area contributed by atoms with Gasteiger partial charge in [-0.3, -0.25) is 0 Å². The molecule has 1 aliphatic heterocycles. The quantitative estimate of drug-likeness (QED) is 0.633. The van der Waals surface area contributed by atoms with Crippen molar-refractivity contribution in [1.29, 1.82) is 0 Å². The zero-order valence-electron chi connectivity index (χ0n) is 9.77. The first-order chi connectivity index (χ1) is 8.54. The lowest BCUT2D eigenvalue weighted by molar-refractivity contribution is -0.142. The van der Waals surface area contributed by atoms with Gasteiger partial charge >= 0.3 is 5.97 Å². The lowest BCUT2D eigenvalue weighted by Gasteiger charge is -2.13. The van der Waals surface area contributed by atoms with Crippen LogP contribution in [0.15, 0.2) is 24.3 Å². The Balaban J connectivity index is 1.89. The summed E-state index contributed by atoms with van der Waals surface area (Å²) < 4.78 is 17.7. The first kappa shape index (κ1) is 12.8. The fourth-order valence-electron chi connectivity index (χ4n) is 1.73. The van der Waals surface area contributed by atoms with E-state index in [0.29, 0.717) is 17.2 Å². The minimum atomic E-state index is -0.416. The number of nitrogens with one attached hydrogen (secondary N) is 2. The van der Waals surface area contributed by atoms with Gasteiger partial charge in [0.1, 0.15) is 18.0 Å². The van der Waals surface area contributed by atoms with E-state index in [1.807, 2.05) is 6.92 Å². The topological polar surface area (TPSA) is 50.4 Å². The second-order valence-corrected chi connectivity index (χ2v) is 4.55. The summed E-state index contributed by atoms with van der Waals surface area (Å²) in [5.74, 6) is -0.613. The van der Waals surface area contributed by atoms with Gasteiger partial charge in [0.05, 0.1) is 0 Å². The Morgan fingerprint density at radius 1 is 1.44 bits per heavy atom. The van der Waals surface area contributed by atoms with E-state index in [1.54, 1.807) is 12.1 Å². The summed E-state index contributed by atoms with van der Waals surface area (Å²) in [6.45, 7) is 1.83. The molecule has 6 heteroatoms. The Kier molecular flexibility index (Phi) is 3.76. The van der Waals surface area contributed by atoms with E-state index in [-0.39, 0.29) is 17.9 Å². The van der Waals surface area contributed by atoms with Gasteiger partial charge < -0.3 is 15.4 Å². The lowest BCUT2D eigenvalue weighted by atomic mass is 10.2. The molecule has 1 aliphatic rings. The van der Waals surface area contributed by atoms with Crippen LogP contribution in [0.2, 0.25) is 0 Å². The maximum atomic E-state index is 12.7. The Hall–Kier alpha value is -1.69. The van der Waals surface area contributed by atoms with Crippen LogP contribution < -0.4 is 10.6 Å². The molecule has 0 radical (unpaired) electrons. The Morgan fingerprint density at radius 2 is 2.11 bits per heavy atom. The molecule has 1 aromatic carbocycles. The standard InChI is InChI=1S/C12H13FN2O2S/c1-7-6-10(11(16)17-7)15-12(18)14-9-4-2-8(13)3-5-9/h2-5,7,10H,6H2,1H3,(H2,14,15,18)/t7-,10+/m1/s1. The maximum absolute atomic E-state index is 12.7. The van der Waals surface area contributed by atoms with E-state index in [9.17, 15) is 9.18 Å². The van der Waals surface area contributed by atoms with E-state index < -0.39 is 6.04 Å². The molecule has 0 aliphatic carbocycles. The zero-order valence-corrected chi connectivity index (χ0v) is 10.6. The molecular weight excluding hydrogens is 255 g/mol. The summed E-state index contributed by atoms with van der Waals surface area (Å²) in [4.78, 5) is 11.4. The average Bonchev–Trinajstić information content (AvgIpc) is 2.61. The number of halogens is 1. The van der Waals surface area contributed by atoms with Crippen molar-refractivity contribution in [3.05, 3.63) is 30.1 Å². The second kappa shape index (κ2) is 5.30. The van der Waals surface area contributed by atoms with Crippen molar-refractivity contribution < 1.29 is 13.9 Å². The molecule has 0 aromatic heterocycles. The fourth-order valence-corrected chi connectivity index (χ4v) is 1.99. The van der Waals surface area contributed by atoms with Crippen LogP contribution in [0, 0.1) is 5.82 Å². The van der Waals surface area contributed by atoms with Crippen molar-refractivity contribution in [3.8, 4) is 0 Å². The van der Waals surface area contributed by atoms with Crippen LogP contribution in [0.4, 0.5) is 10.1 Å². The van der Waals surface area contributed by atoms with E-state index in [4.69, 9.17) is 17.0 Å². The predicted molar refractivity (Wildman–Crippen MR) is 69.7 cm³/mol. The number of rotatable bonds is 2. The lowest BCUT2D eigenvalue weighted by Crippen LogP contribution is -2.40. The number of benzene rings is 1. The third kappa shape index (κ3) is 3.16. The number of carbonyl (C=O) groups excluding carboxylic acids is 1. The molecule has 0 bridgehead atoms. The Labute approximate surface area is 110 Å². The smallest absolute Gasteiger partial charge is 0.329 e. The van der Waals surface area contributed by atoms with Crippen LogP contribution in [-0.2, 0) is 9.53 Å². The summed E-state index contributed by atoms with van der Waals surface area (Å²) in [5.41, 5.74) is 0.660. The van der Waals surface area contributed by atoms with Crippen molar-refractivity contribution in [2.24, 2.45) is 0 Å². The molecule has 1 saturated heterocycles. The van der Waals surface area contributed by atoms with Gasteiger partial charge in [0.2, 0.25) is 0 Å². The highest BCUT2D eigenvalue weighted by Crippen LogP contribution is 2.14. The van der Waals surface area contributed by atoms with Crippen molar-refractivity contribution in [1.82, 2.24) is 5.32 Å². The maximum Gasteiger partial charge on any atom is 0.329 e. The van der Waals surface area contributed by atoms with Gasteiger partial charge in [-0.05, 0) is 43.4 Å². The summed E-state index contributed by atoms with van der Waals surface area (Å²) in [6.07, 6.45) is 0.494. The third-order valence-electron chi connectivity index (χ3n) is 2.58. The molecule has 2 atom stereocenters. The van der Waals surface area contributed by atoms with Gasteiger partial charge in [-0.25, -0.2) is 9.18 Å². The summed E-state index contributed by atoms with van der Waals surface area (Å²) in [7, 11) is 0. The van der Waals surface area contributed by atoms with Gasteiger partial charge in [-0.2, -0.15) is 0 Å². The molecule has 0 unspecified atom stereocenters. The molecule has 1 heterocycles. The number of carbonyl (C=O) groups is 1. The van der Waals surface area contributed by atoms with Gasteiger partial charge in [-0.1, -0.05) is 0 Å². The van der Waals surface area contributed by atoms with Crippen molar-refractivity contribution in [3.63, 3.8) is 0 Å².